The van der Waals surface area contributed by atoms with Gasteiger partial charge in [0.15, 0.2) is 15.7 Å². The summed E-state index contributed by atoms with van der Waals surface area (Å²) >= 11 is 0. The number of benzene rings is 1. The smallest absolute Gasteiger partial charge is 0.225 e. The average molecular weight is 581 g/mol. The van der Waals surface area contributed by atoms with E-state index in [2.05, 4.69) is 16.4 Å². The molecule has 2 aromatic heterocycles. The van der Waals surface area contributed by atoms with Gasteiger partial charge in [0.05, 0.1) is 29.5 Å². The highest BCUT2D eigenvalue weighted by Crippen LogP contribution is 2.44. The van der Waals surface area contributed by atoms with Crippen molar-refractivity contribution in [2.24, 2.45) is 5.92 Å². The van der Waals surface area contributed by atoms with E-state index in [4.69, 9.17) is 5.10 Å². The number of aromatic nitrogens is 3. The lowest BCUT2D eigenvalue weighted by Gasteiger charge is -2.32. The van der Waals surface area contributed by atoms with Crippen LogP contribution in [0.3, 0.4) is 0 Å². The van der Waals surface area contributed by atoms with Gasteiger partial charge in [-0.05, 0) is 61.9 Å². The summed E-state index contributed by atoms with van der Waals surface area (Å²) in [5.41, 5.74) is 2.21. The topological polar surface area (TPSA) is 121 Å². The number of alkyl halides is 1. The van der Waals surface area contributed by atoms with Gasteiger partial charge in [-0.3, -0.25) is 4.79 Å². The number of hydrogen-bond donors (Lipinski definition) is 1. The summed E-state index contributed by atoms with van der Waals surface area (Å²) < 4.78 is 53.5. The van der Waals surface area contributed by atoms with Crippen molar-refractivity contribution < 1.29 is 22.0 Å². The Bertz CT molecular complexity index is 1580. The SMILES string of the molecule is N#CC1(NC(=O)C2CC(F)CCC2c2nn(-c3ccc(F)cn3)cc2-c2ccc(N3CCS(=O)(=O)CC3)cc2)CC1. The Morgan fingerprint density at radius 1 is 1.10 bits per heavy atom. The van der Waals surface area contributed by atoms with Gasteiger partial charge in [0.25, 0.3) is 0 Å². The van der Waals surface area contributed by atoms with Crippen molar-refractivity contribution in [1.29, 1.82) is 5.26 Å². The molecule has 3 unspecified atom stereocenters. The van der Waals surface area contributed by atoms with Crippen LogP contribution in [0.5, 0.6) is 0 Å². The zero-order chi connectivity index (χ0) is 28.8. The maximum atomic E-state index is 14.7. The van der Waals surface area contributed by atoms with Gasteiger partial charge in [-0.25, -0.2) is 26.9 Å². The van der Waals surface area contributed by atoms with E-state index in [-0.39, 0.29) is 30.3 Å². The van der Waals surface area contributed by atoms with Crippen LogP contribution in [0.15, 0.2) is 48.8 Å². The third-order valence-corrected chi connectivity index (χ3v) is 9.99. The molecule has 3 atom stereocenters. The van der Waals surface area contributed by atoms with Crippen LogP contribution >= 0.6 is 0 Å². The highest BCUT2D eigenvalue weighted by molar-refractivity contribution is 7.91. The number of nitriles is 1. The maximum absolute atomic E-state index is 14.7. The molecule has 41 heavy (non-hydrogen) atoms. The molecule has 3 aromatic rings. The van der Waals surface area contributed by atoms with Crippen molar-refractivity contribution in [3.05, 3.63) is 60.3 Å². The van der Waals surface area contributed by atoms with Crippen LogP contribution in [0.25, 0.3) is 16.9 Å². The third-order valence-electron chi connectivity index (χ3n) is 8.38. The predicted molar refractivity (Wildman–Crippen MR) is 148 cm³/mol. The Morgan fingerprint density at radius 3 is 2.46 bits per heavy atom. The molecule has 0 radical (unpaired) electrons. The van der Waals surface area contributed by atoms with Crippen molar-refractivity contribution in [3.63, 3.8) is 0 Å². The highest BCUT2D eigenvalue weighted by atomic mass is 32.2. The standard InChI is InChI=1S/C29H30F2N6O3S/c30-20-3-7-23(24(15-20)28(38)34-29(18-32)9-10-29)27-25(17-37(35-27)26-8-4-21(31)16-33-26)19-1-5-22(6-2-19)36-11-13-41(39,40)14-12-36/h1-2,4-6,8,16-17,20,23-24H,3,7,9-15H2,(H,34,38). The summed E-state index contributed by atoms with van der Waals surface area (Å²) in [6.07, 6.45) is 3.65. The number of nitrogens with one attached hydrogen (secondary N) is 1. The molecule has 1 saturated heterocycles. The highest BCUT2D eigenvalue weighted by Gasteiger charge is 2.48. The fourth-order valence-electron chi connectivity index (χ4n) is 5.78. The number of pyridine rings is 1. The van der Waals surface area contributed by atoms with Gasteiger partial charge in [0.2, 0.25) is 5.91 Å². The van der Waals surface area contributed by atoms with Crippen LogP contribution in [0.1, 0.15) is 43.7 Å². The third kappa shape index (κ3) is 5.68. The number of halogens is 2. The predicted octanol–water partition coefficient (Wildman–Crippen LogP) is 3.70. The second kappa shape index (κ2) is 10.5. The molecule has 2 aliphatic carbocycles. The summed E-state index contributed by atoms with van der Waals surface area (Å²) in [5.74, 6) is -1.30. The zero-order valence-corrected chi connectivity index (χ0v) is 23.2. The number of carbonyl (C=O) groups excluding carboxylic acids is 1. The van der Waals surface area contributed by atoms with E-state index >= 15 is 0 Å². The first-order chi connectivity index (χ1) is 19.7. The molecule has 0 spiro atoms. The first-order valence-corrected chi connectivity index (χ1v) is 15.6. The number of amides is 1. The minimum atomic E-state index is -3.00. The molecule has 3 heterocycles. The largest absolute Gasteiger partial charge is 0.369 e. The molecule has 12 heteroatoms. The van der Waals surface area contributed by atoms with E-state index in [0.717, 1.165) is 23.0 Å². The fraction of sp³-hybridized carbons (Fsp3) is 0.448. The first kappa shape index (κ1) is 27.3. The van der Waals surface area contributed by atoms with Crippen molar-refractivity contribution in [2.45, 2.75) is 49.7 Å². The molecule has 3 fully saturated rings. The number of anilines is 1. The average Bonchev–Trinajstić information content (AvgIpc) is 3.60. The van der Waals surface area contributed by atoms with E-state index in [1.165, 1.54) is 12.1 Å². The van der Waals surface area contributed by atoms with Crippen molar-refractivity contribution in [1.82, 2.24) is 20.1 Å². The van der Waals surface area contributed by atoms with Gasteiger partial charge in [-0.15, -0.1) is 0 Å². The normalized spacial score (nSPS) is 24.8. The van der Waals surface area contributed by atoms with Crippen LogP contribution < -0.4 is 10.2 Å². The summed E-state index contributed by atoms with van der Waals surface area (Å²) in [5, 5.41) is 17.2. The van der Waals surface area contributed by atoms with Gasteiger partial charge in [-0.1, -0.05) is 12.1 Å². The molecule has 1 aromatic carbocycles. The second-order valence-electron chi connectivity index (χ2n) is 11.2. The minimum absolute atomic E-state index is 0.0376. The van der Waals surface area contributed by atoms with Gasteiger partial charge in [0.1, 0.15) is 17.5 Å². The van der Waals surface area contributed by atoms with Crippen LogP contribution in [0, 0.1) is 23.1 Å². The van der Waals surface area contributed by atoms with Crippen molar-refractivity contribution in [3.8, 4) is 23.0 Å². The van der Waals surface area contributed by atoms with E-state index in [9.17, 15) is 27.3 Å². The molecule has 6 rings (SSSR count). The van der Waals surface area contributed by atoms with Crippen LogP contribution in [-0.4, -0.2) is 65.4 Å². The van der Waals surface area contributed by atoms with Crippen LogP contribution in [0.4, 0.5) is 14.5 Å². The molecule has 1 aliphatic heterocycles. The second-order valence-corrected chi connectivity index (χ2v) is 13.5. The van der Waals surface area contributed by atoms with Crippen molar-refractivity contribution in [2.75, 3.05) is 29.5 Å². The molecule has 9 nitrogen and oxygen atoms in total. The van der Waals surface area contributed by atoms with Crippen LogP contribution in [0.2, 0.25) is 0 Å². The number of nitrogens with zero attached hydrogens (tertiary/aromatic N) is 5. The quantitative estimate of drug-likeness (QED) is 0.472. The van der Waals surface area contributed by atoms with E-state index in [0.29, 0.717) is 43.9 Å². The summed E-state index contributed by atoms with van der Waals surface area (Å²) in [6.45, 7) is 0.850. The van der Waals surface area contributed by atoms with Crippen molar-refractivity contribution >= 4 is 21.4 Å². The number of carbonyl (C=O) groups is 1. The molecular weight excluding hydrogens is 550 g/mol. The van der Waals surface area contributed by atoms with Gasteiger partial charge < -0.3 is 10.2 Å². The Hall–Kier alpha value is -3.85. The monoisotopic (exact) mass is 580 g/mol. The molecule has 3 aliphatic rings. The summed E-state index contributed by atoms with van der Waals surface area (Å²) in [7, 11) is -3.00. The maximum Gasteiger partial charge on any atom is 0.225 e. The van der Waals surface area contributed by atoms with E-state index in [1.807, 2.05) is 29.2 Å². The van der Waals surface area contributed by atoms with Gasteiger partial charge in [0, 0.05) is 42.4 Å². The molecule has 1 N–H and O–H groups in total. The van der Waals surface area contributed by atoms with E-state index in [1.54, 1.807) is 10.9 Å². The molecule has 2 saturated carbocycles. The summed E-state index contributed by atoms with van der Waals surface area (Å²) in [6, 6.07) is 12.7. The Kier molecular flexibility index (Phi) is 7.01. The number of sulfone groups is 1. The Labute approximate surface area is 237 Å². The lowest BCUT2D eigenvalue weighted by molar-refractivity contribution is -0.128. The van der Waals surface area contributed by atoms with Gasteiger partial charge in [-0.2, -0.15) is 10.4 Å². The lowest BCUT2D eigenvalue weighted by Crippen LogP contribution is -2.44. The molecule has 0 bridgehead atoms. The Morgan fingerprint density at radius 2 is 1.83 bits per heavy atom. The fourth-order valence-corrected chi connectivity index (χ4v) is 6.98. The zero-order valence-electron chi connectivity index (χ0n) is 22.3. The number of hydrogen-bond acceptors (Lipinski definition) is 7. The lowest BCUT2D eigenvalue weighted by atomic mass is 9.74. The first-order valence-electron chi connectivity index (χ1n) is 13.8. The van der Waals surface area contributed by atoms with Gasteiger partial charge >= 0.3 is 0 Å². The number of rotatable bonds is 6. The molecule has 214 valence electrons. The Balaban J connectivity index is 1.36. The van der Waals surface area contributed by atoms with Crippen LogP contribution in [-0.2, 0) is 14.6 Å². The molecular formula is C29H30F2N6O3S. The van der Waals surface area contributed by atoms with E-state index < -0.39 is 39.2 Å². The summed E-state index contributed by atoms with van der Waals surface area (Å²) in [4.78, 5) is 19.6. The molecule has 1 amide bonds. The minimum Gasteiger partial charge on any atom is -0.369 e.